The van der Waals surface area contributed by atoms with Crippen LogP contribution in [0.1, 0.15) is 22.3 Å². The van der Waals surface area contributed by atoms with Crippen LogP contribution in [0.2, 0.25) is 0 Å². The van der Waals surface area contributed by atoms with Crippen LogP contribution in [-0.4, -0.2) is 44.1 Å². The molecule has 1 unspecified atom stereocenters. The fourth-order valence-electron chi connectivity index (χ4n) is 3.05. The smallest absolute Gasteiger partial charge is 0.331 e. The lowest BCUT2D eigenvalue weighted by Crippen LogP contribution is -2.41. The Labute approximate surface area is 188 Å². The average molecular weight is 450 g/mol. The minimum Gasteiger partial charge on any atom is -0.480 e. The van der Waals surface area contributed by atoms with Crippen LogP contribution in [-0.2, 0) is 16.1 Å². The number of amides is 1. The molecule has 0 aliphatic rings. The van der Waals surface area contributed by atoms with Gasteiger partial charge in [-0.1, -0.05) is 12.6 Å². The van der Waals surface area contributed by atoms with Crippen LogP contribution in [0, 0.1) is 0 Å². The maximum atomic E-state index is 12.4. The lowest BCUT2D eigenvalue weighted by Gasteiger charge is -2.15. The number of nitrogens with zero attached hydrogens (tertiary/aromatic N) is 2. The molecule has 0 aliphatic carbocycles. The summed E-state index contributed by atoms with van der Waals surface area (Å²) >= 11 is 0. The maximum Gasteiger partial charge on any atom is 0.331 e. The molecule has 0 saturated carbocycles. The Balaban J connectivity index is 1.63. The van der Waals surface area contributed by atoms with Gasteiger partial charge < -0.3 is 32.3 Å². The number of nitrogen functional groups attached to an aromatic ring is 2. The van der Waals surface area contributed by atoms with Gasteiger partial charge in [0.1, 0.15) is 11.9 Å². The third kappa shape index (κ3) is 5.73. The minimum atomic E-state index is -1.40. The standard InChI is InChI=1S/C22H22N6O5/c1-11(20(30)31)8-17(21(32)33)26-19(29)13-3-5-14(6-4-13)25-10-12-2-7-16-15(9-12)18(23)28-22(24)27-16/h2-7,9,17,25H,1,8,10H2,(H,26,29)(H,30,31)(H,32,33)(H4,23,24,27,28). The van der Waals surface area contributed by atoms with Gasteiger partial charge in [0.25, 0.3) is 5.91 Å². The normalized spacial score (nSPS) is 11.5. The van der Waals surface area contributed by atoms with Gasteiger partial charge in [0.15, 0.2) is 0 Å². The van der Waals surface area contributed by atoms with Gasteiger partial charge in [0.2, 0.25) is 5.95 Å². The van der Waals surface area contributed by atoms with Crippen molar-refractivity contribution in [3.63, 3.8) is 0 Å². The molecule has 0 fully saturated rings. The van der Waals surface area contributed by atoms with E-state index in [0.29, 0.717) is 23.3 Å². The summed E-state index contributed by atoms with van der Waals surface area (Å²) in [6.07, 6.45) is -0.413. The number of aliphatic carboxylic acids is 2. The molecule has 3 aromatic rings. The van der Waals surface area contributed by atoms with E-state index in [9.17, 15) is 19.5 Å². The summed E-state index contributed by atoms with van der Waals surface area (Å²) in [7, 11) is 0. The Morgan fingerprint density at radius 1 is 1.03 bits per heavy atom. The van der Waals surface area contributed by atoms with E-state index < -0.39 is 30.3 Å². The zero-order valence-corrected chi connectivity index (χ0v) is 17.4. The van der Waals surface area contributed by atoms with E-state index in [-0.39, 0.29) is 17.1 Å². The number of hydrogen-bond donors (Lipinski definition) is 6. The van der Waals surface area contributed by atoms with Crippen molar-refractivity contribution in [2.24, 2.45) is 0 Å². The molecule has 0 aliphatic heterocycles. The number of anilines is 3. The third-order valence-electron chi connectivity index (χ3n) is 4.81. The van der Waals surface area contributed by atoms with Gasteiger partial charge in [-0.25, -0.2) is 14.6 Å². The first-order valence-electron chi connectivity index (χ1n) is 9.74. The van der Waals surface area contributed by atoms with Crippen LogP contribution in [0.25, 0.3) is 10.9 Å². The quantitative estimate of drug-likeness (QED) is 0.261. The summed E-state index contributed by atoms with van der Waals surface area (Å²) < 4.78 is 0. The number of fused-ring (bicyclic) bond motifs is 1. The first-order valence-corrected chi connectivity index (χ1v) is 9.74. The van der Waals surface area contributed by atoms with E-state index in [0.717, 1.165) is 11.3 Å². The van der Waals surface area contributed by atoms with Gasteiger partial charge in [-0.3, -0.25) is 4.79 Å². The molecule has 8 N–H and O–H groups in total. The number of carboxylic acids is 2. The van der Waals surface area contributed by atoms with Gasteiger partial charge in [0, 0.05) is 35.2 Å². The molecule has 11 heteroatoms. The largest absolute Gasteiger partial charge is 0.480 e. The highest BCUT2D eigenvalue weighted by molar-refractivity contribution is 5.97. The molecule has 0 spiro atoms. The van der Waals surface area contributed by atoms with Crippen LogP contribution >= 0.6 is 0 Å². The van der Waals surface area contributed by atoms with Gasteiger partial charge in [0.05, 0.1) is 5.52 Å². The van der Waals surface area contributed by atoms with Crippen LogP contribution in [0.3, 0.4) is 0 Å². The van der Waals surface area contributed by atoms with Crippen molar-refractivity contribution < 1.29 is 24.6 Å². The average Bonchev–Trinajstić information content (AvgIpc) is 2.77. The molecule has 0 bridgehead atoms. The molecule has 1 atom stereocenters. The van der Waals surface area contributed by atoms with Gasteiger partial charge in [-0.15, -0.1) is 0 Å². The van der Waals surface area contributed by atoms with E-state index in [4.69, 9.17) is 16.6 Å². The molecule has 2 aromatic carbocycles. The molecule has 0 saturated heterocycles. The second kappa shape index (κ2) is 9.64. The number of nitrogens with two attached hydrogens (primary N) is 2. The minimum absolute atomic E-state index is 0.108. The zero-order valence-electron chi connectivity index (χ0n) is 17.4. The number of carbonyl (C=O) groups is 3. The second-order valence-corrected chi connectivity index (χ2v) is 7.23. The number of rotatable bonds is 9. The SMILES string of the molecule is C=C(CC(NC(=O)c1ccc(NCc2ccc3nc(N)nc(N)c3c2)cc1)C(=O)O)C(=O)O. The molecule has 170 valence electrons. The van der Waals surface area contributed by atoms with Crippen molar-refractivity contribution in [1.82, 2.24) is 15.3 Å². The van der Waals surface area contributed by atoms with Crippen molar-refractivity contribution in [3.05, 3.63) is 65.7 Å². The number of aromatic nitrogens is 2. The third-order valence-corrected chi connectivity index (χ3v) is 4.81. The van der Waals surface area contributed by atoms with E-state index >= 15 is 0 Å². The Morgan fingerprint density at radius 3 is 2.36 bits per heavy atom. The molecule has 0 radical (unpaired) electrons. The predicted octanol–water partition coefficient (Wildman–Crippen LogP) is 1.62. The Kier molecular flexibility index (Phi) is 6.72. The van der Waals surface area contributed by atoms with Crippen molar-refractivity contribution in [3.8, 4) is 0 Å². The fraction of sp³-hybridized carbons (Fsp3) is 0.136. The Morgan fingerprint density at radius 2 is 1.73 bits per heavy atom. The molecule has 3 rings (SSSR count). The summed E-state index contributed by atoms with van der Waals surface area (Å²) in [6.45, 7) is 3.76. The van der Waals surface area contributed by atoms with Crippen molar-refractivity contribution in [1.29, 1.82) is 0 Å². The molecule has 1 aromatic heterocycles. The van der Waals surface area contributed by atoms with E-state index in [2.05, 4.69) is 27.2 Å². The van der Waals surface area contributed by atoms with Crippen molar-refractivity contribution >= 4 is 46.2 Å². The zero-order chi connectivity index (χ0) is 24.1. The van der Waals surface area contributed by atoms with E-state index in [1.165, 1.54) is 12.1 Å². The fourth-order valence-corrected chi connectivity index (χ4v) is 3.05. The van der Waals surface area contributed by atoms with E-state index in [1.54, 1.807) is 18.2 Å². The Hall–Kier alpha value is -4.67. The topological polar surface area (TPSA) is 194 Å². The highest BCUT2D eigenvalue weighted by atomic mass is 16.4. The number of carbonyl (C=O) groups excluding carboxylic acids is 1. The van der Waals surface area contributed by atoms with Gasteiger partial charge >= 0.3 is 11.9 Å². The van der Waals surface area contributed by atoms with Crippen molar-refractivity contribution in [2.45, 2.75) is 19.0 Å². The highest BCUT2D eigenvalue weighted by Crippen LogP contribution is 2.21. The van der Waals surface area contributed by atoms with Crippen LogP contribution in [0.4, 0.5) is 17.5 Å². The molecule has 1 heterocycles. The predicted molar refractivity (Wildman–Crippen MR) is 122 cm³/mol. The van der Waals surface area contributed by atoms with Gasteiger partial charge in [-0.05, 0) is 42.0 Å². The van der Waals surface area contributed by atoms with E-state index in [1.807, 2.05) is 12.1 Å². The molecule has 33 heavy (non-hydrogen) atoms. The Bertz CT molecular complexity index is 1240. The highest BCUT2D eigenvalue weighted by Gasteiger charge is 2.23. The monoisotopic (exact) mass is 450 g/mol. The maximum absolute atomic E-state index is 12.4. The summed E-state index contributed by atoms with van der Waals surface area (Å²) in [6, 6.07) is 10.5. The molecular formula is C22H22N6O5. The summed E-state index contributed by atoms with van der Waals surface area (Å²) in [4.78, 5) is 42.7. The summed E-state index contributed by atoms with van der Waals surface area (Å²) in [5.41, 5.74) is 13.7. The van der Waals surface area contributed by atoms with Crippen LogP contribution in [0.15, 0.2) is 54.6 Å². The lowest BCUT2D eigenvalue weighted by molar-refractivity contribution is -0.139. The summed E-state index contributed by atoms with van der Waals surface area (Å²) in [5, 5.41) is 24.3. The first-order chi connectivity index (χ1) is 15.6. The second-order valence-electron chi connectivity index (χ2n) is 7.23. The number of carboxylic acid groups (broad SMARTS) is 2. The molecule has 1 amide bonds. The lowest BCUT2D eigenvalue weighted by atomic mass is 10.1. The first kappa shape index (κ1) is 23.0. The van der Waals surface area contributed by atoms with Crippen molar-refractivity contribution in [2.75, 3.05) is 16.8 Å². The number of hydrogen-bond acceptors (Lipinski definition) is 8. The molecule has 11 nitrogen and oxygen atoms in total. The van der Waals surface area contributed by atoms with Crippen LogP contribution in [0.5, 0.6) is 0 Å². The number of nitrogens with one attached hydrogen (secondary N) is 2. The summed E-state index contributed by atoms with van der Waals surface area (Å²) in [5.74, 6) is -2.92. The van der Waals surface area contributed by atoms with Crippen LogP contribution < -0.4 is 22.1 Å². The molecular weight excluding hydrogens is 428 g/mol. The number of benzene rings is 2. The van der Waals surface area contributed by atoms with Gasteiger partial charge in [-0.2, -0.15) is 4.98 Å².